The number of esters is 2. The van der Waals surface area contributed by atoms with E-state index in [4.69, 9.17) is 14.2 Å². The van der Waals surface area contributed by atoms with Gasteiger partial charge in [-0.3, -0.25) is 9.59 Å². The van der Waals surface area contributed by atoms with E-state index in [0.29, 0.717) is 19.4 Å². The van der Waals surface area contributed by atoms with Crippen molar-refractivity contribution in [2.75, 3.05) is 19.8 Å². The highest BCUT2D eigenvalue weighted by molar-refractivity contribution is 5.70. The SMILES string of the molecule is CC/C=C\C/C=C\C/C=C\CCCCCC(=O)OC(COCCCCCCCC)COC(=O)CCCCCCCCCCC/C=C\C/C=C\CCCCC. The molecule has 0 radical (unpaired) electrons. The summed E-state index contributed by atoms with van der Waals surface area (Å²) in [5.41, 5.74) is 0. The zero-order valence-electron chi connectivity index (χ0n) is 35.7. The molecule has 0 spiro atoms. The number of rotatable bonds is 41. The van der Waals surface area contributed by atoms with Crippen LogP contribution >= 0.6 is 0 Å². The molecule has 1 unspecified atom stereocenters. The van der Waals surface area contributed by atoms with E-state index in [1.54, 1.807) is 0 Å². The second-order valence-corrected chi connectivity index (χ2v) is 14.9. The Bertz CT molecular complexity index is 946. The first-order valence-electron chi connectivity index (χ1n) is 22.8. The molecular weight excluding hydrogens is 669 g/mol. The molecule has 0 aromatic carbocycles. The molecule has 54 heavy (non-hydrogen) atoms. The lowest BCUT2D eigenvalue weighted by molar-refractivity contribution is -0.163. The highest BCUT2D eigenvalue weighted by atomic mass is 16.6. The second kappa shape index (κ2) is 45.0. The molecule has 312 valence electrons. The van der Waals surface area contributed by atoms with Crippen LogP contribution < -0.4 is 0 Å². The normalized spacial score (nSPS) is 12.7. The van der Waals surface area contributed by atoms with Gasteiger partial charge in [-0.1, -0.05) is 178 Å². The van der Waals surface area contributed by atoms with Crippen LogP contribution in [-0.4, -0.2) is 37.9 Å². The average molecular weight is 755 g/mol. The largest absolute Gasteiger partial charge is 0.462 e. The summed E-state index contributed by atoms with van der Waals surface area (Å²) in [6.07, 6.45) is 55.2. The van der Waals surface area contributed by atoms with Gasteiger partial charge >= 0.3 is 11.9 Å². The first kappa shape index (κ1) is 51.6. The van der Waals surface area contributed by atoms with Crippen LogP contribution in [-0.2, 0) is 23.8 Å². The van der Waals surface area contributed by atoms with Gasteiger partial charge in [-0.2, -0.15) is 0 Å². The van der Waals surface area contributed by atoms with Gasteiger partial charge in [0.25, 0.3) is 0 Å². The standard InChI is InChI=1S/C49H86O5/c1-4-7-10-13-16-18-20-22-23-24-25-26-27-29-30-32-34-36-39-42-48(50)53-46-47(45-52-44-41-38-15-12-9-6-3)54-49(51)43-40-37-35-33-31-28-21-19-17-14-11-8-5-2/h8,11,16-19,22-23,28,31,47H,4-7,9-10,12-15,20-21,24-27,29-30,32-46H2,1-3H3/b11-8-,18-16-,19-17-,23-22-,31-28-. The van der Waals surface area contributed by atoms with E-state index in [1.807, 2.05) is 0 Å². The van der Waals surface area contributed by atoms with Gasteiger partial charge in [0.15, 0.2) is 6.10 Å². The van der Waals surface area contributed by atoms with Crippen LogP contribution in [0.2, 0.25) is 0 Å². The van der Waals surface area contributed by atoms with E-state index in [9.17, 15) is 9.59 Å². The summed E-state index contributed by atoms with van der Waals surface area (Å²) in [6.45, 7) is 7.61. The van der Waals surface area contributed by atoms with Crippen molar-refractivity contribution in [3.63, 3.8) is 0 Å². The fraction of sp³-hybridized carbons (Fsp3) is 0.755. The van der Waals surface area contributed by atoms with Crippen LogP contribution in [0.15, 0.2) is 60.8 Å². The maximum Gasteiger partial charge on any atom is 0.306 e. The summed E-state index contributed by atoms with van der Waals surface area (Å²) < 4.78 is 17.2. The molecule has 5 heteroatoms. The van der Waals surface area contributed by atoms with Crippen LogP contribution in [0.3, 0.4) is 0 Å². The van der Waals surface area contributed by atoms with Gasteiger partial charge < -0.3 is 14.2 Å². The minimum absolute atomic E-state index is 0.0706. The van der Waals surface area contributed by atoms with Crippen LogP contribution in [0, 0.1) is 0 Å². The van der Waals surface area contributed by atoms with E-state index < -0.39 is 6.10 Å². The molecule has 0 saturated heterocycles. The van der Waals surface area contributed by atoms with Crippen molar-refractivity contribution >= 4 is 11.9 Å². The molecule has 0 aromatic heterocycles. The molecule has 0 bridgehead atoms. The number of hydrogen-bond acceptors (Lipinski definition) is 5. The monoisotopic (exact) mass is 755 g/mol. The molecule has 5 nitrogen and oxygen atoms in total. The summed E-state index contributed by atoms with van der Waals surface area (Å²) in [6, 6.07) is 0. The summed E-state index contributed by atoms with van der Waals surface area (Å²) in [5, 5.41) is 0. The maximum absolute atomic E-state index is 12.6. The number of hydrogen-bond donors (Lipinski definition) is 0. The summed E-state index contributed by atoms with van der Waals surface area (Å²) in [7, 11) is 0. The van der Waals surface area contributed by atoms with Gasteiger partial charge in [-0.15, -0.1) is 0 Å². The molecule has 0 rings (SSSR count). The molecule has 0 aliphatic carbocycles. The molecule has 0 N–H and O–H groups in total. The van der Waals surface area contributed by atoms with Gasteiger partial charge in [0.2, 0.25) is 0 Å². The van der Waals surface area contributed by atoms with E-state index in [-0.39, 0.29) is 25.2 Å². The summed E-state index contributed by atoms with van der Waals surface area (Å²) >= 11 is 0. The molecule has 0 heterocycles. The van der Waals surface area contributed by atoms with Gasteiger partial charge in [0.05, 0.1) is 6.61 Å². The Morgan fingerprint density at radius 2 is 0.833 bits per heavy atom. The Hall–Kier alpha value is -2.40. The Balaban J connectivity index is 4.12. The fourth-order valence-electron chi connectivity index (χ4n) is 6.14. The van der Waals surface area contributed by atoms with Gasteiger partial charge in [-0.05, 0) is 83.5 Å². The Kier molecular flexibility index (Phi) is 43.0. The topological polar surface area (TPSA) is 61.8 Å². The van der Waals surface area contributed by atoms with E-state index in [2.05, 4.69) is 81.5 Å². The Morgan fingerprint density at radius 1 is 0.426 bits per heavy atom. The minimum Gasteiger partial charge on any atom is -0.462 e. The Morgan fingerprint density at radius 3 is 1.39 bits per heavy atom. The zero-order valence-corrected chi connectivity index (χ0v) is 35.7. The smallest absolute Gasteiger partial charge is 0.306 e. The second-order valence-electron chi connectivity index (χ2n) is 14.9. The van der Waals surface area contributed by atoms with Crippen LogP contribution in [0.25, 0.3) is 0 Å². The van der Waals surface area contributed by atoms with Crippen molar-refractivity contribution in [2.45, 2.75) is 219 Å². The van der Waals surface area contributed by atoms with Crippen molar-refractivity contribution in [1.82, 2.24) is 0 Å². The van der Waals surface area contributed by atoms with Crippen molar-refractivity contribution in [1.29, 1.82) is 0 Å². The fourth-order valence-corrected chi connectivity index (χ4v) is 6.14. The maximum atomic E-state index is 12.6. The van der Waals surface area contributed by atoms with Gasteiger partial charge in [0, 0.05) is 19.4 Å². The van der Waals surface area contributed by atoms with Gasteiger partial charge in [0.1, 0.15) is 6.61 Å². The molecular formula is C49H86O5. The highest BCUT2D eigenvalue weighted by Crippen LogP contribution is 2.13. The predicted octanol–water partition coefficient (Wildman–Crippen LogP) is 15.0. The van der Waals surface area contributed by atoms with Crippen molar-refractivity contribution in [2.24, 2.45) is 0 Å². The third-order valence-corrected chi connectivity index (χ3v) is 9.54. The molecule has 0 aliphatic rings. The third-order valence-electron chi connectivity index (χ3n) is 9.54. The Labute approximate surface area is 334 Å². The van der Waals surface area contributed by atoms with Crippen molar-refractivity contribution < 1.29 is 23.8 Å². The van der Waals surface area contributed by atoms with Crippen LogP contribution in [0.5, 0.6) is 0 Å². The summed E-state index contributed by atoms with van der Waals surface area (Å²) in [4.78, 5) is 25.1. The van der Waals surface area contributed by atoms with E-state index >= 15 is 0 Å². The number of unbranched alkanes of at least 4 members (excludes halogenated alkanes) is 20. The average Bonchev–Trinajstić information content (AvgIpc) is 3.17. The lowest BCUT2D eigenvalue weighted by Gasteiger charge is -2.18. The lowest BCUT2D eigenvalue weighted by Crippen LogP contribution is -2.30. The number of carbonyl (C=O) groups excluding carboxylic acids is 2. The molecule has 1 atom stereocenters. The first-order valence-corrected chi connectivity index (χ1v) is 22.8. The first-order chi connectivity index (χ1) is 26.6. The molecule has 0 aromatic rings. The van der Waals surface area contributed by atoms with E-state index in [0.717, 1.165) is 77.0 Å². The molecule has 0 saturated carbocycles. The highest BCUT2D eigenvalue weighted by Gasteiger charge is 2.17. The number of carbonyl (C=O) groups is 2. The van der Waals surface area contributed by atoms with Crippen LogP contribution in [0.1, 0.15) is 213 Å². The lowest BCUT2D eigenvalue weighted by atomic mass is 10.1. The van der Waals surface area contributed by atoms with Crippen molar-refractivity contribution in [3.8, 4) is 0 Å². The minimum atomic E-state index is -0.548. The zero-order chi connectivity index (χ0) is 39.3. The van der Waals surface area contributed by atoms with Crippen LogP contribution in [0.4, 0.5) is 0 Å². The molecule has 0 aliphatic heterocycles. The predicted molar refractivity (Wildman–Crippen MR) is 233 cm³/mol. The van der Waals surface area contributed by atoms with Gasteiger partial charge in [-0.25, -0.2) is 0 Å². The third kappa shape index (κ3) is 42.3. The number of ether oxygens (including phenoxy) is 3. The molecule has 0 fully saturated rings. The number of allylic oxidation sites excluding steroid dienone is 10. The van der Waals surface area contributed by atoms with Crippen molar-refractivity contribution in [3.05, 3.63) is 60.8 Å². The summed E-state index contributed by atoms with van der Waals surface area (Å²) in [5.74, 6) is -0.439. The molecule has 0 amide bonds. The quantitative estimate of drug-likeness (QED) is 0.0353. The van der Waals surface area contributed by atoms with E-state index in [1.165, 1.54) is 103 Å².